The van der Waals surface area contributed by atoms with Crippen LogP contribution in [0, 0.1) is 0 Å². The Hall–Kier alpha value is -5.84. The van der Waals surface area contributed by atoms with Gasteiger partial charge in [0.1, 0.15) is 19.3 Å². The lowest BCUT2D eigenvalue weighted by molar-refractivity contribution is -0.161. The van der Waals surface area contributed by atoms with E-state index in [-0.39, 0.29) is 25.7 Å². The molecule has 0 fully saturated rings. The molecule has 0 aliphatic rings. The van der Waals surface area contributed by atoms with Gasteiger partial charge in [-0.25, -0.2) is 9.13 Å². The van der Waals surface area contributed by atoms with Crippen LogP contribution < -0.4 is 0 Å². The summed E-state index contributed by atoms with van der Waals surface area (Å²) in [6.45, 7) is 4.19. The number of hydrogen-bond donors (Lipinski definition) is 3. The summed E-state index contributed by atoms with van der Waals surface area (Å²) in [6.07, 6.45) is 85.3. The SMILES string of the molecule is CC/C=C\C/C=C\C/C=C\C/C=C\C/C=C\CC(=O)OCC(COP(=O)(O)OCC(O)COP(=O)(O)OCC(COC(=O)C/C=C\C/C=C\C/C=C\C/C=C\C/C=C\CC)OC(=O)CCCCCCC/C=C\CCCCCCCC)OC(=O)CCCC/C=C\C/C=C\C/C=C\C/C=C\CC. The third kappa shape index (κ3) is 70.6. The summed E-state index contributed by atoms with van der Waals surface area (Å²) in [6, 6.07) is 0. The lowest BCUT2D eigenvalue weighted by Gasteiger charge is -2.21. The molecule has 5 atom stereocenters. The summed E-state index contributed by atoms with van der Waals surface area (Å²) < 4.78 is 68.1. The van der Waals surface area contributed by atoms with Gasteiger partial charge in [-0.05, 0) is 141 Å². The first-order valence-corrected chi connectivity index (χ1v) is 40.0. The van der Waals surface area contributed by atoms with E-state index in [9.17, 15) is 43.2 Å². The number of rotatable bonds is 67. The number of allylic oxidation sites excluding steroid dienone is 28. The molecular formula is C81H128O17P2. The average Bonchev–Trinajstić information content (AvgIpc) is 1.01. The number of hydrogen-bond acceptors (Lipinski definition) is 15. The van der Waals surface area contributed by atoms with Crippen LogP contribution in [0.15, 0.2) is 182 Å². The molecular weight excluding hydrogens is 1310 g/mol. The molecule has 3 N–H and O–H groups in total. The van der Waals surface area contributed by atoms with Crippen LogP contribution in [0.25, 0.3) is 0 Å². The van der Waals surface area contributed by atoms with Crippen LogP contribution in [-0.4, -0.2) is 96.7 Å². The smallest absolute Gasteiger partial charge is 0.461 e. The van der Waals surface area contributed by atoms with Crippen molar-refractivity contribution >= 4 is 39.5 Å². The van der Waals surface area contributed by atoms with E-state index in [0.29, 0.717) is 32.1 Å². The third-order valence-electron chi connectivity index (χ3n) is 14.4. The fourth-order valence-electron chi connectivity index (χ4n) is 8.88. The van der Waals surface area contributed by atoms with Gasteiger partial charge < -0.3 is 33.8 Å². The van der Waals surface area contributed by atoms with Gasteiger partial charge in [0.15, 0.2) is 12.2 Å². The van der Waals surface area contributed by atoms with E-state index in [2.05, 4.69) is 155 Å². The molecule has 5 unspecified atom stereocenters. The quantitative estimate of drug-likeness (QED) is 0.0169. The Morgan fingerprint density at radius 2 is 0.550 bits per heavy atom. The maximum Gasteiger partial charge on any atom is 0.472 e. The molecule has 0 spiro atoms. The Balaban J connectivity index is 5.55. The number of carbonyl (C=O) groups excluding carboxylic acids is 4. The third-order valence-corrected chi connectivity index (χ3v) is 16.3. The first-order chi connectivity index (χ1) is 48.7. The van der Waals surface area contributed by atoms with Crippen molar-refractivity contribution in [3.8, 4) is 0 Å². The molecule has 0 amide bonds. The van der Waals surface area contributed by atoms with Gasteiger partial charge in [-0.15, -0.1) is 0 Å². The van der Waals surface area contributed by atoms with E-state index >= 15 is 0 Å². The molecule has 0 radical (unpaired) electrons. The minimum Gasteiger partial charge on any atom is -0.461 e. The second kappa shape index (κ2) is 71.6. The number of esters is 4. The number of aliphatic hydroxyl groups is 1. The molecule has 0 saturated carbocycles. The fourth-order valence-corrected chi connectivity index (χ4v) is 10.5. The normalized spacial score (nSPS) is 15.0. The molecule has 19 heteroatoms. The van der Waals surface area contributed by atoms with Crippen molar-refractivity contribution in [1.29, 1.82) is 0 Å². The van der Waals surface area contributed by atoms with Crippen molar-refractivity contribution in [1.82, 2.24) is 0 Å². The Morgan fingerprint density at radius 1 is 0.300 bits per heavy atom. The van der Waals surface area contributed by atoms with E-state index in [1.165, 1.54) is 38.5 Å². The molecule has 0 rings (SSSR count). The monoisotopic (exact) mass is 1430 g/mol. The summed E-state index contributed by atoms with van der Waals surface area (Å²) in [4.78, 5) is 72.7. The Kier molecular flexibility index (Phi) is 67.4. The summed E-state index contributed by atoms with van der Waals surface area (Å²) in [5, 5.41) is 10.6. The van der Waals surface area contributed by atoms with Crippen molar-refractivity contribution < 1.29 is 80.2 Å². The lowest BCUT2D eigenvalue weighted by atomic mass is 10.1. The van der Waals surface area contributed by atoms with Gasteiger partial charge >= 0.3 is 39.5 Å². The summed E-state index contributed by atoms with van der Waals surface area (Å²) in [7, 11) is -10.0. The van der Waals surface area contributed by atoms with Gasteiger partial charge in [-0.1, -0.05) is 261 Å². The number of aliphatic hydroxyl groups excluding tert-OH is 1. The van der Waals surface area contributed by atoms with Crippen LogP contribution in [0.4, 0.5) is 0 Å². The topological polar surface area (TPSA) is 237 Å². The summed E-state index contributed by atoms with van der Waals surface area (Å²) >= 11 is 0. The van der Waals surface area contributed by atoms with E-state index in [1.807, 2.05) is 42.5 Å². The molecule has 564 valence electrons. The van der Waals surface area contributed by atoms with Gasteiger partial charge in [0.05, 0.1) is 39.3 Å². The molecule has 0 bridgehead atoms. The predicted molar refractivity (Wildman–Crippen MR) is 408 cm³/mol. The molecule has 17 nitrogen and oxygen atoms in total. The zero-order valence-electron chi connectivity index (χ0n) is 61.3. The van der Waals surface area contributed by atoms with E-state index < -0.39 is 97.5 Å². The highest BCUT2D eigenvalue weighted by Gasteiger charge is 2.30. The molecule has 0 aromatic carbocycles. The highest BCUT2D eigenvalue weighted by atomic mass is 31.2. The van der Waals surface area contributed by atoms with Gasteiger partial charge in [-0.2, -0.15) is 0 Å². The second-order valence-electron chi connectivity index (χ2n) is 23.8. The number of phosphoric acid groups is 2. The maximum absolute atomic E-state index is 13.1. The predicted octanol–water partition coefficient (Wildman–Crippen LogP) is 21.2. The maximum atomic E-state index is 13.1. The van der Waals surface area contributed by atoms with Gasteiger partial charge in [0.25, 0.3) is 0 Å². The highest BCUT2D eigenvalue weighted by Crippen LogP contribution is 2.45. The number of ether oxygens (including phenoxy) is 4. The largest absolute Gasteiger partial charge is 0.472 e. The highest BCUT2D eigenvalue weighted by molar-refractivity contribution is 7.47. The van der Waals surface area contributed by atoms with Crippen LogP contribution in [-0.2, 0) is 65.4 Å². The zero-order valence-corrected chi connectivity index (χ0v) is 63.1. The summed E-state index contributed by atoms with van der Waals surface area (Å²) in [5.41, 5.74) is 0. The first-order valence-electron chi connectivity index (χ1n) is 37.0. The van der Waals surface area contributed by atoms with Gasteiger partial charge in [0, 0.05) is 12.8 Å². The lowest BCUT2D eigenvalue weighted by Crippen LogP contribution is -2.30. The van der Waals surface area contributed by atoms with Crippen LogP contribution in [0.5, 0.6) is 0 Å². The molecule has 0 aliphatic heterocycles. The Labute approximate surface area is 603 Å². The van der Waals surface area contributed by atoms with Crippen molar-refractivity contribution in [2.24, 2.45) is 0 Å². The number of phosphoric ester groups is 2. The van der Waals surface area contributed by atoms with Gasteiger partial charge in [0.2, 0.25) is 0 Å². The Bertz CT molecular complexity index is 2620. The average molecular weight is 1440 g/mol. The number of carbonyl (C=O) groups is 4. The fraction of sp³-hybridized carbons (Fsp3) is 0.580. The Morgan fingerprint density at radius 3 is 0.880 bits per heavy atom. The molecule has 0 saturated heterocycles. The van der Waals surface area contributed by atoms with Crippen molar-refractivity contribution in [2.75, 3.05) is 39.6 Å². The van der Waals surface area contributed by atoms with E-state index in [4.69, 9.17) is 37.0 Å². The second-order valence-corrected chi connectivity index (χ2v) is 26.7. The molecule has 0 aromatic heterocycles. The molecule has 100 heavy (non-hydrogen) atoms. The summed E-state index contributed by atoms with van der Waals surface area (Å²) in [5.74, 6) is -2.55. The minimum absolute atomic E-state index is 0.0136. The molecule has 0 aliphatic carbocycles. The first kappa shape index (κ1) is 94.2. The standard InChI is InChI=1S/C81H128O17P2/c1-5-9-13-17-21-25-29-33-37-41-45-49-53-57-61-65-78(83)91-71-76(97-80(85)67-63-59-55-51-47-43-39-35-31-27-23-19-15-11-7-3)73-95-99(87,88)93-69-75(82)70-94-100(89,90)96-74-77(98-81(86)68-64-60-56-52-48-44-40-36-32-28-24-20-16-12-8-4)72-92-79(84)66-62-58-54-50-46-42-38-34-30-26-22-18-14-10-6-2/h9-11,13-15,21-23,25-27,33-40,45-47,49-51,57-58,61-62,75-77,82H,5-8,12,16-20,24,28-32,41-44,48,52-56,59-60,63-74H2,1-4H3,(H,87,88)(H,89,90)/b13-9-,14-10-,15-11-,25-21-,26-22-,27-23-,37-33-,38-34-,39-35-,40-36-,49-45-,50-46-,51-47-,61-57-,62-58-. The van der Waals surface area contributed by atoms with Crippen LogP contribution in [0.1, 0.15) is 246 Å². The van der Waals surface area contributed by atoms with Crippen LogP contribution >= 0.6 is 15.6 Å². The van der Waals surface area contributed by atoms with E-state index in [0.717, 1.165) is 122 Å². The van der Waals surface area contributed by atoms with Crippen molar-refractivity contribution in [3.05, 3.63) is 182 Å². The molecule has 0 aromatic rings. The molecule has 0 heterocycles. The van der Waals surface area contributed by atoms with Crippen LogP contribution in [0.3, 0.4) is 0 Å². The zero-order chi connectivity index (χ0) is 73.2. The van der Waals surface area contributed by atoms with Crippen molar-refractivity contribution in [2.45, 2.75) is 264 Å². The minimum atomic E-state index is -5.02. The van der Waals surface area contributed by atoms with Crippen molar-refractivity contribution in [3.63, 3.8) is 0 Å². The number of unbranched alkanes of at least 4 members (excludes halogenated alkanes) is 13. The van der Waals surface area contributed by atoms with Gasteiger partial charge in [-0.3, -0.25) is 37.3 Å². The van der Waals surface area contributed by atoms with Crippen LogP contribution in [0.2, 0.25) is 0 Å². The van der Waals surface area contributed by atoms with E-state index in [1.54, 1.807) is 12.2 Å².